The van der Waals surface area contributed by atoms with Crippen molar-refractivity contribution in [2.24, 2.45) is 5.92 Å². The van der Waals surface area contributed by atoms with Crippen LogP contribution in [0, 0.1) is 5.92 Å². The molecule has 0 fully saturated rings. The number of hydrogen-bond donors (Lipinski definition) is 2. The zero-order valence-electron chi connectivity index (χ0n) is 11.2. The normalized spacial score (nSPS) is 16.7. The van der Waals surface area contributed by atoms with Crippen molar-refractivity contribution in [2.75, 3.05) is 25.0 Å². The number of nitrogens with one attached hydrogen (secondary N) is 1. The van der Waals surface area contributed by atoms with Gasteiger partial charge in [0.15, 0.2) is 0 Å². The van der Waals surface area contributed by atoms with Crippen molar-refractivity contribution < 1.29 is 14.7 Å². The lowest BCUT2D eigenvalue weighted by atomic mass is 9.93. The van der Waals surface area contributed by atoms with Crippen LogP contribution in [0.2, 0.25) is 0 Å². The number of aliphatic carboxylic acids is 1. The zero-order chi connectivity index (χ0) is 14.5. The standard InChI is InChI=1S/C15H18N2O3/c1-2-7-17(10-14(18)19)15(20)12-8-11-5-3-4-6-13(11)16-9-12/h2-6,12,16H,1,7-10H2,(H,18,19). The van der Waals surface area contributed by atoms with Gasteiger partial charge in [-0.1, -0.05) is 24.3 Å². The molecule has 0 bridgehead atoms. The van der Waals surface area contributed by atoms with Gasteiger partial charge in [0, 0.05) is 18.8 Å². The molecule has 1 unspecified atom stereocenters. The first-order valence-electron chi connectivity index (χ1n) is 6.55. The Hall–Kier alpha value is -2.30. The monoisotopic (exact) mass is 274 g/mol. The van der Waals surface area contributed by atoms with E-state index in [1.807, 2.05) is 24.3 Å². The van der Waals surface area contributed by atoms with E-state index < -0.39 is 5.97 Å². The Balaban J connectivity index is 2.09. The third kappa shape index (κ3) is 3.17. The minimum atomic E-state index is -1.01. The molecule has 1 aliphatic rings. The molecule has 20 heavy (non-hydrogen) atoms. The summed E-state index contributed by atoms with van der Waals surface area (Å²) >= 11 is 0. The highest BCUT2D eigenvalue weighted by Gasteiger charge is 2.28. The van der Waals surface area contributed by atoms with Gasteiger partial charge in [-0.15, -0.1) is 6.58 Å². The van der Waals surface area contributed by atoms with E-state index in [4.69, 9.17) is 5.11 Å². The Morgan fingerprint density at radius 2 is 2.20 bits per heavy atom. The van der Waals surface area contributed by atoms with E-state index in [0.717, 1.165) is 11.3 Å². The highest BCUT2D eigenvalue weighted by atomic mass is 16.4. The molecule has 1 amide bonds. The Morgan fingerprint density at radius 3 is 2.90 bits per heavy atom. The molecule has 1 heterocycles. The average molecular weight is 274 g/mol. The maximum atomic E-state index is 12.4. The van der Waals surface area contributed by atoms with Crippen molar-refractivity contribution in [2.45, 2.75) is 6.42 Å². The summed E-state index contributed by atoms with van der Waals surface area (Å²) < 4.78 is 0. The number of carboxylic acids is 1. The molecule has 0 spiro atoms. The predicted molar refractivity (Wildman–Crippen MR) is 76.5 cm³/mol. The fourth-order valence-electron chi connectivity index (χ4n) is 2.43. The number of amides is 1. The highest BCUT2D eigenvalue weighted by molar-refractivity contribution is 5.84. The third-order valence-corrected chi connectivity index (χ3v) is 3.36. The van der Waals surface area contributed by atoms with Crippen molar-refractivity contribution in [1.82, 2.24) is 4.90 Å². The molecule has 5 nitrogen and oxygen atoms in total. The molecule has 0 radical (unpaired) electrons. The van der Waals surface area contributed by atoms with Crippen LogP contribution in [-0.2, 0) is 16.0 Å². The lowest BCUT2D eigenvalue weighted by Crippen LogP contribution is -2.43. The summed E-state index contributed by atoms with van der Waals surface area (Å²) in [7, 11) is 0. The summed E-state index contributed by atoms with van der Waals surface area (Å²) in [5.41, 5.74) is 2.14. The molecule has 2 N–H and O–H groups in total. The van der Waals surface area contributed by atoms with Gasteiger partial charge in [0.1, 0.15) is 6.54 Å². The number of carbonyl (C=O) groups excluding carboxylic acids is 1. The van der Waals surface area contributed by atoms with Crippen LogP contribution in [0.25, 0.3) is 0 Å². The molecule has 0 aliphatic carbocycles. The number of hydrogen-bond acceptors (Lipinski definition) is 3. The number of carboxylic acid groups (broad SMARTS) is 1. The van der Waals surface area contributed by atoms with Gasteiger partial charge >= 0.3 is 5.97 Å². The third-order valence-electron chi connectivity index (χ3n) is 3.36. The molecule has 5 heteroatoms. The molecule has 1 aliphatic heterocycles. The van der Waals surface area contributed by atoms with Gasteiger partial charge in [0.25, 0.3) is 0 Å². The summed E-state index contributed by atoms with van der Waals surface area (Å²) in [6.45, 7) is 4.06. The predicted octanol–water partition coefficient (Wildman–Crippen LogP) is 1.37. The summed E-state index contributed by atoms with van der Waals surface area (Å²) in [6, 6.07) is 7.85. The topological polar surface area (TPSA) is 69.6 Å². The van der Waals surface area contributed by atoms with Gasteiger partial charge in [0.2, 0.25) is 5.91 Å². The Morgan fingerprint density at radius 1 is 1.45 bits per heavy atom. The van der Waals surface area contributed by atoms with Crippen molar-refractivity contribution in [3.63, 3.8) is 0 Å². The van der Waals surface area contributed by atoms with E-state index in [2.05, 4.69) is 11.9 Å². The molecule has 1 aromatic rings. The maximum Gasteiger partial charge on any atom is 0.323 e. The summed E-state index contributed by atoms with van der Waals surface area (Å²) in [4.78, 5) is 24.6. The Bertz CT molecular complexity index is 528. The van der Waals surface area contributed by atoms with Gasteiger partial charge in [0.05, 0.1) is 5.92 Å². The number of rotatable bonds is 5. The molecule has 0 aromatic heterocycles. The minimum absolute atomic E-state index is 0.144. The largest absolute Gasteiger partial charge is 0.480 e. The first kappa shape index (κ1) is 14.1. The van der Waals surface area contributed by atoms with Crippen molar-refractivity contribution in [3.05, 3.63) is 42.5 Å². The fourth-order valence-corrected chi connectivity index (χ4v) is 2.43. The van der Waals surface area contributed by atoms with Crippen LogP contribution in [0.3, 0.4) is 0 Å². The molecule has 1 atom stereocenters. The molecule has 2 rings (SSSR count). The van der Waals surface area contributed by atoms with Crippen molar-refractivity contribution in [1.29, 1.82) is 0 Å². The van der Waals surface area contributed by atoms with Gasteiger partial charge in [-0.05, 0) is 18.1 Å². The van der Waals surface area contributed by atoms with Crippen LogP contribution in [0.5, 0.6) is 0 Å². The maximum absolute atomic E-state index is 12.4. The van der Waals surface area contributed by atoms with Crippen LogP contribution in [0.1, 0.15) is 5.56 Å². The first-order chi connectivity index (χ1) is 9.61. The number of fused-ring (bicyclic) bond motifs is 1. The quantitative estimate of drug-likeness (QED) is 0.796. The number of para-hydroxylation sites is 1. The SMILES string of the molecule is C=CCN(CC(=O)O)C(=O)C1CNc2ccccc2C1. The van der Waals surface area contributed by atoms with E-state index in [9.17, 15) is 9.59 Å². The van der Waals surface area contributed by atoms with Gasteiger partial charge in [-0.25, -0.2) is 0 Å². The van der Waals surface area contributed by atoms with E-state index >= 15 is 0 Å². The summed E-state index contributed by atoms with van der Waals surface area (Å²) in [5.74, 6) is -1.39. The molecule has 1 aromatic carbocycles. The first-order valence-corrected chi connectivity index (χ1v) is 6.55. The van der Waals surface area contributed by atoms with E-state index in [0.29, 0.717) is 13.0 Å². The zero-order valence-corrected chi connectivity index (χ0v) is 11.2. The highest BCUT2D eigenvalue weighted by Crippen LogP contribution is 2.25. The van der Waals surface area contributed by atoms with Crippen LogP contribution in [-0.4, -0.2) is 41.5 Å². The smallest absolute Gasteiger partial charge is 0.323 e. The van der Waals surface area contributed by atoms with Gasteiger partial charge in [-0.2, -0.15) is 0 Å². The second-order valence-corrected chi connectivity index (χ2v) is 4.84. The van der Waals surface area contributed by atoms with Crippen molar-refractivity contribution >= 4 is 17.6 Å². The molecular formula is C15H18N2O3. The van der Waals surface area contributed by atoms with Crippen LogP contribution < -0.4 is 5.32 Å². The molecule has 0 saturated heterocycles. The van der Waals surface area contributed by atoms with E-state index in [1.165, 1.54) is 4.90 Å². The number of carbonyl (C=O) groups is 2. The number of anilines is 1. The second kappa shape index (κ2) is 6.23. The van der Waals surface area contributed by atoms with Gasteiger partial charge in [-0.3, -0.25) is 9.59 Å². The van der Waals surface area contributed by atoms with Crippen LogP contribution in [0.4, 0.5) is 5.69 Å². The van der Waals surface area contributed by atoms with E-state index in [-0.39, 0.29) is 24.9 Å². The number of benzene rings is 1. The lowest BCUT2D eigenvalue weighted by Gasteiger charge is -2.29. The average Bonchev–Trinajstić information content (AvgIpc) is 2.45. The Kier molecular flexibility index (Phi) is 4.40. The van der Waals surface area contributed by atoms with Crippen LogP contribution in [0.15, 0.2) is 36.9 Å². The summed E-state index contributed by atoms with van der Waals surface area (Å²) in [6.07, 6.45) is 2.18. The van der Waals surface area contributed by atoms with Crippen LogP contribution >= 0.6 is 0 Å². The minimum Gasteiger partial charge on any atom is -0.480 e. The fraction of sp³-hybridized carbons (Fsp3) is 0.333. The van der Waals surface area contributed by atoms with Gasteiger partial charge < -0.3 is 15.3 Å². The Labute approximate surface area is 117 Å². The summed E-state index contributed by atoms with van der Waals surface area (Å²) in [5, 5.41) is 12.1. The number of nitrogens with zero attached hydrogens (tertiary/aromatic N) is 1. The van der Waals surface area contributed by atoms with E-state index in [1.54, 1.807) is 6.08 Å². The molecular weight excluding hydrogens is 256 g/mol. The lowest BCUT2D eigenvalue weighted by molar-refractivity contribution is -0.145. The van der Waals surface area contributed by atoms with Crippen molar-refractivity contribution in [3.8, 4) is 0 Å². The molecule has 0 saturated carbocycles. The molecule has 106 valence electrons. The second-order valence-electron chi connectivity index (χ2n) is 4.84.